The maximum absolute atomic E-state index is 12.0. The molecule has 0 aliphatic rings. The van der Waals surface area contributed by atoms with Crippen LogP contribution in [0.15, 0.2) is 24.3 Å². The average Bonchev–Trinajstić information content (AvgIpc) is 2.44. The number of anilines is 1. The fourth-order valence-corrected chi connectivity index (χ4v) is 1.86. The van der Waals surface area contributed by atoms with E-state index in [1.807, 2.05) is 32.0 Å². The molecule has 0 unspecified atom stereocenters. The molecule has 0 spiro atoms. The second-order valence-electron chi connectivity index (χ2n) is 6.57. The molecule has 0 heterocycles. The highest BCUT2D eigenvalue weighted by Crippen LogP contribution is 2.20. The van der Waals surface area contributed by atoms with Gasteiger partial charge in [0.25, 0.3) is 0 Å². The van der Waals surface area contributed by atoms with Crippen molar-refractivity contribution < 1.29 is 19.1 Å². The van der Waals surface area contributed by atoms with Gasteiger partial charge in [-0.3, -0.25) is 5.32 Å². The number of aryl methyl sites for hydroxylation is 1. The zero-order chi connectivity index (χ0) is 18.2. The standard InChI is InChI=1S/C19H27NO4/c1-6-7-12-23-17(21)11-10-15-9-8-14(2)13-16(15)20-18(22)24-19(3,4)5/h8-11,13H,6-7,12H2,1-5H3,(H,20,22)/b11-10+. The fraction of sp³-hybridized carbons (Fsp3) is 0.474. The molecule has 0 saturated carbocycles. The molecule has 0 aliphatic heterocycles. The van der Waals surface area contributed by atoms with E-state index in [0.29, 0.717) is 17.9 Å². The third-order valence-corrected chi connectivity index (χ3v) is 2.99. The van der Waals surface area contributed by atoms with Gasteiger partial charge in [-0.25, -0.2) is 9.59 Å². The van der Waals surface area contributed by atoms with Gasteiger partial charge in [0, 0.05) is 6.08 Å². The molecule has 24 heavy (non-hydrogen) atoms. The molecule has 1 N–H and O–H groups in total. The average molecular weight is 333 g/mol. The van der Waals surface area contributed by atoms with E-state index in [0.717, 1.165) is 18.4 Å². The number of rotatable bonds is 6. The number of amides is 1. The van der Waals surface area contributed by atoms with Crippen molar-refractivity contribution in [2.75, 3.05) is 11.9 Å². The molecule has 1 aromatic carbocycles. The van der Waals surface area contributed by atoms with Crippen LogP contribution in [0.5, 0.6) is 0 Å². The number of hydrogen-bond donors (Lipinski definition) is 1. The summed E-state index contributed by atoms with van der Waals surface area (Å²) in [6.07, 6.45) is 4.27. The maximum Gasteiger partial charge on any atom is 0.412 e. The largest absolute Gasteiger partial charge is 0.463 e. The topological polar surface area (TPSA) is 64.6 Å². The Balaban J connectivity index is 2.81. The Morgan fingerprint density at radius 3 is 2.58 bits per heavy atom. The highest BCUT2D eigenvalue weighted by atomic mass is 16.6. The van der Waals surface area contributed by atoms with E-state index in [9.17, 15) is 9.59 Å². The van der Waals surface area contributed by atoms with Crippen molar-refractivity contribution in [1.82, 2.24) is 0 Å². The van der Waals surface area contributed by atoms with Gasteiger partial charge in [0.1, 0.15) is 5.60 Å². The first-order valence-electron chi connectivity index (χ1n) is 8.17. The van der Waals surface area contributed by atoms with Gasteiger partial charge in [-0.2, -0.15) is 0 Å². The number of hydrogen-bond acceptors (Lipinski definition) is 4. The number of unbranched alkanes of at least 4 members (excludes halogenated alkanes) is 1. The van der Waals surface area contributed by atoms with Crippen LogP contribution in [0.25, 0.3) is 6.08 Å². The first-order chi connectivity index (χ1) is 11.2. The minimum atomic E-state index is -0.576. The summed E-state index contributed by atoms with van der Waals surface area (Å²) < 4.78 is 10.3. The maximum atomic E-state index is 12.0. The zero-order valence-electron chi connectivity index (χ0n) is 15.1. The second-order valence-corrected chi connectivity index (χ2v) is 6.57. The van der Waals surface area contributed by atoms with Crippen molar-refractivity contribution in [2.45, 2.75) is 53.1 Å². The fourth-order valence-electron chi connectivity index (χ4n) is 1.86. The van der Waals surface area contributed by atoms with Crippen molar-refractivity contribution >= 4 is 23.8 Å². The molecule has 0 atom stereocenters. The van der Waals surface area contributed by atoms with Crippen molar-refractivity contribution in [2.24, 2.45) is 0 Å². The van der Waals surface area contributed by atoms with E-state index in [1.165, 1.54) is 6.08 Å². The zero-order valence-corrected chi connectivity index (χ0v) is 15.1. The number of esters is 1. The van der Waals surface area contributed by atoms with Crippen LogP contribution >= 0.6 is 0 Å². The lowest BCUT2D eigenvalue weighted by Crippen LogP contribution is -2.27. The predicted octanol–water partition coefficient (Wildman–Crippen LogP) is 4.70. The van der Waals surface area contributed by atoms with E-state index >= 15 is 0 Å². The molecule has 5 heteroatoms. The number of nitrogens with one attached hydrogen (secondary N) is 1. The van der Waals surface area contributed by atoms with Crippen LogP contribution in [-0.4, -0.2) is 24.3 Å². The van der Waals surface area contributed by atoms with Gasteiger partial charge in [0.2, 0.25) is 0 Å². The van der Waals surface area contributed by atoms with E-state index in [1.54, 1.807) is 26.8 Å². The summed E-state index contributed by atoms with van der Waals surface area (Å²) in [5.41, 5.74) is 1.71. The Morgan fingerprint density at radius 2 is 1.96 bits per heavy atom. The summed E-state index contributed by atoms with van der Waals surface area (Å²) in [4.78, 5) is 23.6. The predicted molar refractivity (Wildman–Crippen MR) is 95.9 cm³/mol. The molecule has 1 amide bonds. The number of carbonyl (C=O) groups excluding carboxylic acids is 2. The summed E-state index contributed by atoms with van der Waals surface area (Å²) in [5, 5.41) is 2.72. The lowest BCUT2D eigenvalue weighted by molar-refractivity contribution is -0.137. The van der Waals surface area contributed by atoms with E-state index < -0.39 is 17.7 Å². The van der Waals surface area contributed by atoms with Crippen LogP contribution < -0.4 is 5.32 Å². The molecule has 0 aromatic heterocycles. The van der Waals surface area contributed by atoms with Crippen LogP contribution in [-0.2, 0) is 14.3 Å². The smallest absolute Gasteiger partial charge is 0.412 e. The molecule has 0 aliphatic carbocycles. The van der Waals surface area contributed by atoms with E-state index in [4.69, 9.17) is 9.47 Å². The summed E-state index contributed by atoms with van der Waals surface area (Å²) in [7, 11) is 0. The van der Waals surface area contributed by atoms with Gasteiger partial charge in [0.05, 0.1) is 12.3 Å². The van der Waals surface area contributed by atoms with Gasteiger partial charge in [-0.05, 0) is 57.4 Å². The highest BCUT2D eigenvalue weighted by molar-refractivity contribution is 5.92. The number of carbonyl (C=O) groups is 2. The molecular weight excluding hydrogens is 306 g/mol. The molecule has 0 radical (unpaired) electrons. The molecule has 1 aromatic rings. The number of ether oxygens (including phenoxy) is 2. The van der Waals surface area contributed by atoms with E-state index in [2.05, 4.69) is 5.32 Å². The van der Waals surface area contributed by atoms with Crippen LogP contribution in [0.2, 0.25) is 0 Å². The summed E-state index contributed by atoms with van der Waals surface area (Å²) in [6.45, 7) is 9.77. The Morgan fingerprint density at radius 1 is 1.25 bits per heavy atom. The Labute approximate surface area is 144 Å². The van der Waals surface area contributed by atoms with Gasteiger partial charge in [-0.15, -0.1) is 0 Å². The minimum absolute atomic E-state index is 0.396. The second kappa shape index (κ2) is 9.11. The molecule has 1 rings (SSSR count). The van der Waals surface area contributed by atoms with Crippen LogP contribution in [0.1, 0.15) is 51.7 Å². The van der Waals surface area contributed by atoms with Crippen molar-refractivity contribution in [1.29, 1.82) is 0 Å². The quantitative estimate of drug-likeness (QED) is 0.465. The highest BCUT2D eigenvalue weighted by Gasteiger charge is 2.17. The summed E-state index contributed by atoms with van der Waals surface area (Å²) in [5.74, 6) is -0.396. The first kappa shape index (κ1) is 19.7. The van der Waals surface area contributed by atoms with Crippen LogP contribution in [0.3, 0.4) is 0 Å². The molecular formula is C19H27NO4. The Hall–Kier alpha value is -2.30. The van der Waals surface area contributed by atoms with Crippen molar-refractivity contribution in [3.05, 3.63) is 35.4 Å². The van der Waals surface area contributed by atoms with Crippen molar-refractivity contribution in [3.63, 3.8) is 0 Å². The molecule has 132 valence electrons. The SMILES string of the molecule is CCCCOC(=O)/C=C/c1ccc(C)cc1NC(=O)OC(C)(C)C. The molecule has 0 saturated heterocycles. The lowest BCUT2D eigenvalue weighted by Gasteiger charge is -2.20. The number of benzene rings is 1. The molecule has 0 bridgehead atoms. The van der Waals surface area contributed by atoms with Crippen LogP contribution in [0.4, 0.5) is 10.5 Å². The Kier molecular flexibility index (Phi) is 7.49. The summed E-state index contributed by atoms with van der Waals surface area (Å²) >= 11 is 0. The van der Waals surface area contributed by atoms with E-state index in [-0.39, 0.29) is 0 Å². The van der Waals surface area contributed by atoms with Gasteiger partial charge in [0.15, 0.2) is 0 Å². The molecule has 0 fully saturated rings. The van der Waals surface area contributed by atoms with Gasteiger partial charge >= 0.3 is 12.1 Å². The third kappa shape index (κ3) is 7.81. The van der Waals surface area contributed by atoms with Gasteiger partial charge < -0.3 is 9.47 Å². The normalized spacial score (nSPS) is 11.4. The summed E-state index contributed by atoms with van der Waals surface area (Å²) in [6, 6.07) is 5.56. The third-order valence-electron chi connectivity index (χ3n) is 2.99. The monoisotopic (exact) mass is 333 g/mol. The first-order valence-corrected chi connectivity index (χ1v) is 8.17. The minimum Gasteiger partial charge on any atom is -0.463 e. The van der Waals surface area contributed by atoms with Crippen LogP contribution in [0, 0.1) is 6.92 Å². The Bertz CT molecular complexity index is 600. The lowest BCUT2D eigenvalue weighted by atomic mass is 10.1. The van der Waals surface area contributed by atoms with Crippen molar-refractivity contribution in [3.8, 4) is 0 Å². The van der Waals surface area contributed by atoms with Gasteiger partial charge in [-0.1, -0.05) is 25.5 Å². The molecule has 5 nitrogen and oxygen atoms in total.